The number of carbonyl (C=O) groups excluding carboxylic acids is 3. The molecule has 3 aromatic rings. The molecule has 0 spiro atoms. The van der Waals surface area contributed by atoms with Gasteiger partial charge in [0.25, 0.3) is 0 Å². The van der Waals surface area contributed by atoms with E-state index in [9.17, 15) is 14.4 Å². The molecule has 8 heteroatoms. The Labute approximate surface area is 198 Å². The van der Waals surface area contributed by atoms with Gasteiger partial charge in [-0.1, -0.05) is 30.3 Å². The summed E-state index contributed by atoms with van der Waals surface area (Å²) in [5.41, 5.74) is 2.23. The summed E-state index contributed by atoms with van der Waals surface area (Å²) in [7, 11) is 1.00. The summed E-state index contributed by atoms with van der Waals surface area (Å²) in [6.45, 7) is 5.87. The minimum atomic E-state index is -0.695. The molecule has 0 saturated carbocycles. The van der Waals surface area contributed by atoms with Gasteiger partial charge in [0.15, 0.2) is 6.29 Å². The van der Waals surface area contributed by atoms with Crippen molar-refractivity contribution >= 4 is 34.9 Å². The lowest BCUT2D eigenvalue weighted by molar-refractivity contribution is -0.120. The molecule has 1 aliphatic rings. The van der Waals surface area contributed by atoms with Crippen LogP contribution in [0.3, 0.4) is 0 Å². The van der Waals surface area contributed by atoms with E-state index in [0.29, 0.717) is 24.3 Å². The lowest BCUT2D eigenvalue weighted by Gasteiger charge is -2.30. The van der Waals surface area contributed by atoms with E-state index in [1.54, 1.807) is 18.2 Å². The summed E-state index contributed by atoms with van der Waals surface area (Å²) in [5, 5.41) is 10.8. The molecule has 0 aliphatic carbocycles. The van der Waals surface area contributed by atoms with Gasteiger partial charge in [0.05, 0.1) is 5.69 Å². The highest BCUT2D eigenvalue weighted by Gasteiger charge is 2.44. The second-order valence-electron chi connectivity index (χ2n) is 9.06. The maximum Gasteiger partial charge on any atom is 0.410 e. The van der Waals surface area contributed by atoms with Crippen molar-refractivity contribution in [3.8, 4) is 0 Å². The van der Waals surface area contributed by atoms with Crippen molar-refractivity contribution in [3.63, 3.8) is 0 Å². The maximum absolute atomic E-state index is 13.5. The highest BCUT2D eigenvalue weighted by Crippen LogP contribution is 2.35. The lowest BCUT2D eigenvalue weighted by atomic mass is 9.91. The first-order valence-electron chi connectivity index (χ1n) is 11.1. The van der Waals surface area contributed by atoms with Crippen LogP contribution in [0.5, 0.6) is 0 Å². The van der Waals surface area contributed by atoms with Crippen molar-refractivity contribution in [1.82, 2.24) is 9.88 Å². The van der Waals surface area contributed by atoms with E-state index in [0.717, 1.165) is 29.9 Å². The van der Waals surface area contributed by atoms with Crippen LogP contribution in [0.15, 0.2) is 54.6 Å². The summed E-state index contributed by atoms with van der Waals surface area (Å²) in [5.74, 6) is -0.408. The van der Waals surface area contributed by atoms with E-state index in [1.807, 2.05) is 57.2 Å². The molecule has 2 heterocycles. The number of carbonyl (C=O) groups is 3. The number of aldehydes is 1. The molecular weight excluding hydrogens is 434 g/mol. The molecule has 180 valence electrons. The molecule has 0 radical (unpaired) electrons. The van der Waals surface area contributed by atoms with Crippen LogP contribution in [-0.2, 0) is 9.53 Å². The Hall–Kier alpha value is -3.65. The van der Waals surface area contributed by atoms with Gasteiger partial charge in [-0.05, 0) is 57.0 Å². The van der Waals surface area contributed by atoms with Gasteiger partial charge < -0.3 is 20.1 Å². The molecule has 8 nitrogen and oxygen atoms in total. The molecule has 1 aromatic heterocycles. The topological polar surface area (TPSA) is 112 Å². The molecule has 1 fully saturated rings. The predicted octanol–water partition coefficient (Wildman–Crippen LogP) is 4.32. The molecule has 2 amide bonds. The Morgan fingerprint density at radius 3 is 2.47 bits per heavy atom. The second-order valence-corrected chi connectivity index (χ2v) is 9.06. The van der Waals surface area contributed by atoms with Crippen LogP contribution in [0.4, 0.5) is 10.5 Å². The number of H-pyrrole nitrogens is 1. The number of anilines is 1. The van der Waals surface area contributed by atoms with Gasteiger partial charge in [0.2, 0.25) is 5.91 Å². The standard InChI is InChI=1S/C25H27N3O4.CH4O/c1-25(2,3)32-24(31)28-12-11-20(16-7-5-4-6-8-16)22(28)23(30)27-18-9-10-21-17(13-18)14-19(15-29)26-21;1-2/h4-10,13-15,20,22,26H,11-12H2,1-3H3,(H,27,30);2H,1H3. The number of aliphatic hydroxyl groups excluding tert-OH is 1. The molecule has 2 atom stereocenters. The third kappa shape index (κ3) is 5.63. The van der Waals surface area contributed by atoms with Crippen LogP contribution < -0.4 is 5.32 Å². The Morgan fingerprint density at radius 1 is 1.12 bits per heavy atom. The number of likely N-dealkylation sites (tertiary alicyclic amines) is 1. The summed E-state index contributed by atoms with van der Waals surface area (Å²) in [6, 6.07) is 16.2. The number of hydrogen-bond donors (Lipinski definition) is 3. The van der Waals surface area contributed by atoms with Crippen molar-refractivity contribution in [2.45, 2.75) is 44.8 Å². The number of rotatable bonds is 4. The fourth-order valence-corrected chi connectivity index (χ4v) is 4.20. The zero-order chi connectivity index (χ0) is 24.9. The first-order valence-corrected chi connectivity index (χ1v) is 11.1. The lowest BCUT2D eigenvalue weighted by Crippen LogP contribution is -2.47. The van der Waals surface area contributed by atoms with E-state index in [2.05, 4.69) is 10.3 Å². The van der Waals surface area contributed by atoms with E-state index in [1.165, 1.54) is 4.90 Å². The van der Waals surface area contributed by atoms with E-state index < -0.39 is 17.7 Å². The van der Waals surface area contributed by atoms with Gasteiger partial charge in [-0.3, -0.25) is 14.5 Å². The quantitative estimate of drug-likeness (QED) is 0.497. The van der Waals surface area contributed by atoms with Gasteiger partial charge >= 0.3 is 6.09 Å². The van der Waals surface area contributed by atoms with Gasteiger partial charge in [-0.2, -0.15) is 0 Å². The largest absolute Gasteiger partial charge is 0.444 e. The van der Waals surface area contributed by atoms with Crippen molar-refractivity contribution in [3.05, 3.63) is 65.9 Å². The summed E-state index contributed by atoms with van der Waals surface area (Å²) in [6.07, 6.45) is 0.925. The number of aromatic nitrogens is 1. The van der Waals surface area contributed by atoms with Crippen LogP contribution in [0, 0.1) is 0 Å². The average molecular weight is 466 g/mol. The Balaban J connectivity index is 0.00000158. The SMILES string of the molecule is CC(C)(C)OC(=O)N1CCC(c2ccccc2)C1C(=O)Nc1ccc2[nH]c(C=O)cc2c1.CO. The van der Waals surface area contributed by atoms with Crippen molar-refractivity contribution in [2.24, 2.45) is 0 Å². The van der Waals surface area contributed by atoms with E-state index >= 15 is 0 Å². The molecular formula is C26H31N3O5. The molecule has 34 heavy (non-hydrogen) atoms. The third-order valence-corrected chi connectivity index (χ3v) is 5.56. The zero-order valence-electron chi connectivity index (χ0n) is 19.9. The highest BCUT2D eigenvalue weighted by atomic mass is 16.6. The Morgan fingerprint density at radius 2 is 1.82 bits per heavy atom. The number of aromatic amines is 1. The number of nitrogens with zero attached hydrogens (tertiary/aromatic N) is 1. The summed E-state index contributed by atoms with van der Waals surface area (Å²) in [4.78, 5) is 41.9. The number of amides is 2. The number of benzene rings is 2. The minimum absolute atomic E-state index is 0.138. The number of fused-ring (bicyclic) bond motifs is 1. The third-order valence-electron chi connectivity index (χ3n) is 5.56. The molecule has 0 bridgehead atoms. The van der Waals surface area contributed by atoms with Crippen LogP contribution >= 0.6 is 0 Å². The first kappa shape index (κ1) is 25.0. The van der Waals surface area contributed by atoms with Crippen molar-refractivity contribution in [1.29, 1.82) is 0 Å². The molecule has 1 saturated heterocycles. The number of aliphatic hydroxyl groups is 1. The molecule has 3 N–H and O–H groups in total. The van der Waals surface area contributed by atoms with Gasteiger partial charge in [0, 0.05) is 36.2 Å². The number of hydrogen-bond acceptors (Lipinski definition) is 5. The monoisotopic (exact) mass is 465 g/mol. The summed E-state index contributed by atoms with van der Waals surface area (Å²) < 4.78 is 5.58. The van der Waals surface area contributed by atoms with Gasteiger partial charge in [-0.25, -0.2) is 4.79 Å². The highest BCUT2D eigenvalue weighted by molar-refractivity contribution is 5.99. The Kier molecular flexibility index (Phi) is 7.73. The second kappa shape index (κ2) is 10.5. The molecule has 2 aromatic carbocycles. The fraction of sp³-hybridized carbons (Fsp3) is 0.346. The summed E-state index contributed by atoms with van der Waals surface area (Å²) >= 11 is 0. The van der Waals surface area contributed by atoms with Crippen LogP contribution in [0.1, 0.15) is 49.2 Å². The van der Waals surface area contributed by atoms with Crippen molar-refractivity contribution < 1.29 is 24.2 Å². The van der Waals surface area contributed by atoms with Gasteiger partial charge in [0.1, 0.15) is 11.6 Å². The molecule has 4 rings (SSSR count). The van der Waals surface area contributed by atoms with Crippen LogP contribution in [0.25, 0.3) is 10.9 Å². The fourth-order valence-electron chi connectivity index (χ4n) is 4.20. The predicted molar refractivity (Wildman–Crippen MR) is 131 cm³/mol. The first-order chi connectivity index (χ1) is 16.2. The van der Waals surface area contributed by atoms with E-state index in [-0.39, 0.29) is 11.8 Å². The van der Waals surface area contributed by atoms with Crippen molar-refractivity contribution in [2.75, 3.05) is 19.0 Å². The number of nitrogens with one attached hydrogen (secondary N) is 2. The van der Waals surface area contributed by atoms with Crippen LogP contribution in [0.2, 0.25) is 0 Å². The van der Waals surface area contributed by atoms with E-state index in [4.69, 9.17) is 9.84 Å². The zero-order valence-corrected chi connectivity index (χ0v) is 19.9. The average Bonchev–Trinajstić information content (AvgIpc) is 3.44. The minimum Gasteiger partial charge on any atom is -0.444 e. The number of ether oxygens (including phenoxy) is 1. The smallest absolute Gasteiger partial charge is 0.410 e. The Bertz CT molecular complexity index is 1150. The normalized spacial score (nSPS) is 17.6. The molecule has 2 unspecified atom stereocenters. The molecule has 1 aliphatic heterocycles. The maximum atomic E-state index is 13.5. The van der Waals surface area contributed by atoms with Gasteiger partial charge in [-0.15, -0.1) is 0 Å². The van der Waals surface area contributed by atoms with Crippen LogP contribution in [-0.4, -0.2) is 58.6 Å².